The topological polar surface area (TPSA) is 104 Å². The molecule has 0 atom stereocenters. The summed E-state index contributed by atoms with van der Waals surface area (Å²) in [7, 11) is 0. The maximum atomic E-state index is 11.9. The van der Waals surface area contributed by atoms with Gasteiger partial charge in [-0.15, -0.1) is 0 Å². The predicted octanol–water partition coefficient (Wildman–Crippen LogP) is 2.02. The molecule has 2 aromatic carbocycles. The number of hydrogen-bond donors (Lipinski definition) is 3. The van der Waals surface area contributed by atoms with Crippen molar-refractivity contribution in [2.75, 3.05) is 0 Å². The molecule has 0 bridgehead atoms. The highest BCUT2D eigenvalue weighted by atomic mass is 16.5. The number of para-hydroxylation sites is 2. The molecule has 0 spiro atoms. The summed E-state index contributed by atoms with van der Waals surface area (Å²) in [4.78, 5) is 22.9. The number of benzene rings is 2. The third kappa shape index (κ3) is 2.54. The van der Waals surface area contributed by atoms with E-state index in [1.807, 2.05) is 0 Å². The van der Waals surface area contributed by atoms with Gasteiger partial charge in [-0.25, -0.2) is 9.59 Å². The number of aromatic carboxylic acids is 1. The lowest BCUT2D eigenvalue weighted by atomic mass is 10.2. The van der Waals surface area contributed by atoms with Crippen molar-refractivity contribution in [3.63, 3.8) is 0 Å². The second-order valence-corrected chi connectivity index (χ2v) is 3.86. The van der Waals surface area contributed by atoms with Gasteiger partial charge >= 0.3 is 11.9 Å². The number of aromatic hydroxyl groups is 2. The minimum atomic E-state index is -1.24. The van der Waals surface area contributed by atoms with Crippen LogP contribution in [0.25, 0.3) is 0 Å². The molecule has 0 unspecified atom stereocenters. The van der Waals surface area contributed by atoms with Crippen LogP contribution in [-0.2, 0) is 0 Å². The molecule has 102 valence electrons. The van der Waals surface area contributed by atoms with Crippen molar-refractivity contribution in [1.29, 1.82) is 0 Å². The van der Waals surface area contributed by atoms with Crippen LogP contribution in [0.15, 0.2) is 42.5 Å². The molecule has 0 amide bonds. The number of carbonyl (C=O) groups excluding carboxylic acids is 1. The lowest BCUT2D eigenvalue weighted by molar-refractivity contribution is 0.0681. The number of rotatable bonds is 3. The Morgan fingerprint density at radius 1 is 0.900 bits per heavy atom. The fraction of sp³-hybridized carbons (Fsp3) is 0. The molecule has 0 saturated heterocycles. The van der Waals surface area contributed by atoms with Crippen molar-refractivity contribution in [2.24, 2.45) is 0 Å². The molecule has 0 saturated carbocycles. The molecule has 6 heteroatoms. The lowest BCUT2D eigenvalue weighted by Gasteiger charge is -2.08. The van der Waals surface area contributed by atoms with Gasteiger partial charge in [-0.1, -0.05) is 18.2 Å². The van der Waals surface area contributed by atoms with Crippen LogP contribution in [0.2, 0.25) is 0 Å². The summed E-state index contributed by atoms with van der Waals surface area (Å²) in [5.41, 5.74) is -0.439. The summed E-state index contributed by atoms with van der Waals surface area (Å²) in [6, 6.07) is 9.42. The molecule has 20 heavy (non-hydrogen) atoms. The number of carboxylic acids is 1. The van der Waals surface area contributed by atoms with E-state index in [-0.39, 0.29) is 16.9 Å². The van der Waals surface area contributed by atoms with E-state index in [1.165, 1.54) is 42.5 Å². The van der Waals surface area contributed by atoms with Crippen molar-refractivity contribution in [2.45, 2.75) is 0 Å². The molecule has 0 fully saturated rings. The predicted molar refractivity (Wildman–Crippen MR) is 68.1 cm³/mol. The van der Waals surface area contributed by atoms with Gasteiger partial charge in [-0.05, 0) is 24.3 Å². The largest absolute Gasteiger partial charge is 0.504 e. The van der Waals surface area contributed by atoms with Crippen LogP contribution in [0.4, 0.5) is 0 Å². The number of hydrogen-bond acceptors (Lipinski definition) is 5. The van der Waals surface area contributed by atoms with Crippen LogP contribution in [0.3, 0.4) is 0 Å². The Kier molecular flexibility index (Phi) is 3.56. The first-order valence-corrected chi connectivity index (χ1v) is 5.56. The van der Waals surface area contributed by atoms with Crippen LogP contribution >= 0.6 is 0 Å². The Morgan fingerprint density at radius 2 is 1.55 bits per heavy atom. The standard InChI is InChI=1S/C14H10O6/c15-10-6-3-5-9(12(10)16)14(19)20-11-7-2-1-4-8(11)13(17)18/h1-7,15-16H,(H,17,18). The van der Waals surface area contributed by atoms with Crippen LogP contribution < -0.4 is 4.74 Å². The van der Waals surface area contributed by atoms with E-state index in [0.717, 1.165) is 0 Å². The minimum absolute atomic E-state index is 0.146. The molecule has 2 rings (SSSR count). The molecule has 0 aliphatic heterocycles. The van der Waals surface area contributed by atoms with E-state index in [0.29, 0.717) is 0 Å². The second-order valence-electron chi connectivity index (χ2n) is 3.86. The first kappa shape index (κ1) is 13.4. The Bertz CT molecular complexity index is 677. The SMILES string of the molecule is O=C(O)c1ccccc1OC(=O)c1cccc(O)c1O. The molecule has 0 aromatic heterocycles. The normalized spacial score (nSPS) is 10.0. The highest BCUT2D eigenvalue weighted by molar-refractivity contribution is 5.97. The molecule has 2 aromatic rings. The average molecular weight is 274 g/mol. The Morgan fingerprint density at radius 3 is 2.25 bits per heavy atom. The number of phenolic OH excluding ortho intramolecular Hbond substituents is 2. The average Bonchev–Trinajstić information content (AvgIpc) is 2.42. The fourth-order valence-electron chi connectivity index (χ4n) is 1.58. The third-order valence-electron chi connectivity index (χ3n) is 2.55. The molecule has 0 aliphatic rings. The number of carboxylic acid groups (broad SMARTS) is 1. The summed E-state index contributed by atoms with van der Waals surface area (Å²) in [5, 5.41) is 27.8. The molecular formula is C14H10O6. The van der Waals surface area contributed by atoms with Crippen LogP contribution in [0.1, 0.15) is 20.7 Å². The zero-order chi connectivity index (χ0) is 14.7. The maximum absolute atomic E-state index is 11.9. The Balaban J connectivity index is 2.33. The van der Waals surface area contributed by atoms with E-state index in [2.05, 4.69) is 0 Å². The van der Waals surface area contributed by atoms with Gasteiger partial charge in [0.2, 0.25) is 0 Å². The number of ether oxygens (including phenoxy) is 1. The molecule has 0 heterocycles. The minimum Gasteiger partial charge on any atom is -0.504 e. The van der Waals surface area contributed by atoms with Crippen LogP contribution in [-0.4, -0.2) is 27.3 Å². The molecule has 0 aliphatic carbocycles. The van der Waals surface area contributed by atoms with Gasteiger partial charge in [0.15, 0.2) is 11.5 Å². The van der Waals surface area contributed by atoms with Gasteiger partial charge in [0.1, 0.15) is 16.9 Å². The van der Waals surface area contributed by atoms with Crippen molar-refractivity contribution < 1.29 is 29.6 Å². The second kappa shape index (κ2) is 5.31. The zero-order valence-electron chi connectivity index (χ0n) is 10.1. The fourth-order valence-corrected chi connectivity index (χ4v) is 1.58. The quantitative estimate of drug-likeness (QED) is 0.449. The van der Waals surface area contributed by atoms with Gasteiger partial charge in [0, 0.05) is 0 Å². The third-order valence-corrected chi connectivity index (χ3v) is 2.55. The van der Waals surface area contributed by atoms with Gasteiger partial charge in [0.05, 0.1) is 0 Å². The molecule has 3 N–H and O–H groups in total. The summed E-state index contributed by atoms with van der Waals surface area (Å²) >= 11 is 0. The van der Waals surface area contributed by atoms with Crippen molar-refractivity contribution in [1.82, 2.24) is 0 Å². The zero-order valence-corrected chi connectivity index (χ0v) is 10.1. The van der Waals surface area contributed by atoms with Gasteiger partial charge in [-0.2, -0.15) is 0 Å². The van der Waals surface area contributed by atoms with Crippen molar-refractivity contribution >= 4 is 11.9 Å². The first-order valence-electron chi connectivity index (χ1n) is 5.56. The number of phenols is 2. The van der Waals surface area contributed by atoms with E-state index in [4.69, 9.17) is 9.84 Å². The summed E-state index contributed by atoms with van der Waals surface area (Å²) in [6.07, 6.45) is 0. The lowest BCUT2D eigenvalue weighted by Crippen LogP contribution is -2.11. The number of carbonyl (C=O) groups is 2. The Hall–Kier alpha value is -3.02. The van der Waals surface area contributed by atoms with Crippen LogP contribution in [0.5, 0.6) is 17.2 Å². The Labute approximate surface area is 113 Å². The summed E-state index contributed by atoms with van der Waals surface area (Å²) in [6.45, 7) is 0. The number of esters is 1. The maximum Gasteiger partial charge on any atom is 0.347 e. The van der Waals surface area contributed by atoms with Gasteiger partial charge < -0.3 is 20.1 Å². The molecule has 0 radical (unpaired) electrons. The smallest absolute Gasteiger partial charge is 0.347 e. The summed E-state index contributed by atoms with van der Waals surface area (Å²) in [5.74, 6) is -3.44. The monoisotopic (exact) mass is 274 g/mol. The van der Waals surface area contributed by atoms with Gasteiger partial charge in [-0.3, -0.25) is 0 Å². The van der Waals surface area contributed by atoms with Crippen molar-refractivity contribution in [3.8, 4) is 17.2 Å². The van der Waals surface area contributed by atoms with E-state index in [9.17, 15) is 19.8 Å². The van der Waals surface area contributed by atoms with Crippen molar-refractivity contribution in [3.05, 3.63) is 53.6 Å². The van der Waals surface area contributed by atoms with E-state index in [1.54, 1.807) is 0 Å². The summed E-state index contributed by atoms with van der Waals surface area (Å²) < 4.78 is 4.94. The first-order chi connectivity index (χ1) is 9.50. The molecule has 6 nitrogen and oxygen atoms in total. The van der Waals surface area contributed by atoms with Crippen LogP contribution in [0, 0.1) is 0 Å². The van der Waals surface area contributed by atoms with Gasteiger partial charge in [0.25, 0.3) is 0 Å². The van der Waals surface area contributed by atoms with E-state index < -0.39 is 23.4 Å². The highest BCUT2D eigenvalue weighted by Crippen LogP contribution is 2.29. The highest BCUT2D eigenvalue weighted by Gasteiger charge is 2.19. The molecular weight excluding hydrogens is 264 g/mol. The van der Waals surface area contributed by atoms with E-state index >= 15 is 0 Å².